The van der Waals surface area contributed by atoms with Gasteiger partial charge in [-0.3, -0.25) is 9.10 Å². The maximum Gasteiger partial charge on any atom is 0.246 e. The number of nitrogens with zero attached hydrogens (tertiary/aromatic N) is 2. The second-order valence-corrected chi connectivity index (χ2v) is 9.16. The van der Waals surface area contributed by atoms with Crippen LogP contribution in [0.25, 0.3) is 0 Å². The lowest BCUT2D eigenvalue weighted by Gasteiger charge is -2.35. The fourth-order valence-electron chi connectivity index (χ4n) is 3.68. The molecule has 0 N–H and O–H groups in total. The highest BCUT2D eigenvalue weighted by atomic mass is 32.2. The van der Waals surface area contributed by atoms with Crippen LogP contribution in [0.3, 0.4) is 0 Å². The molecule has 0 spiro atoms. The van der Waals surface area contributed by atoms with Crippen LogP contribution >= 0.6 is 0 Å². The second-order valence-electron chi connectivity index (χ2n) is 7.30. The van der Waals surface area contributed by atoms with Gasteiger partial charge in [0, 0.05) is 13.1 Å². The van der Waals surface area contributed by atoms with Crippen molar-refractivity contribution in [2.24, 2.45) is 0 Å². The highest BCUT2D eigenvalue weighted by Crippen LogP contribution is 2.28. The van der Waals surface area contributed by atoms with E-state index >= 15 is 0 Å². The van der Waals surface area contributed by atoms with Crippen molar-refractivity contribution >= 4 is 21.6 Å². The van der Waals surface area contributed by atoms with Gasteiger partial charge in [0.05, 0.1) is 11.9 Å². The summed E-state index contributed by atoms with van der Waals surface area (Å²) in [6.45, 7) is 6.57. The molecule has 3 rings (SSSR count). The lowest BCUT2D eigenvalue weighted by atomic mass is 9.99. The molecule has 27 heavy (non-hydrogen) atoms. The van der Waals surface area contributed by atoms with Gasteiger partial charge < -0.3 is 4.90 Å². The van der Waals surface area contributed by atoms with Gasteiger partial charge in [-0.25, -0.2) is 8.42 Å². The van der Waals surface area contributed by atoms with Crippen molar-refractivity contribution < 1.29 is 13.2 Å². The van der Waals surface area contributed by atoms with E-state index in [0.717, 1.165) is 29.4 Å². The SMILES string of the molecule is Cc1ccc(C)c(N([C@H](C)C(=O)N2CCc3ccccc3C2)S(C)(=O)=O)c1. The van der Waals surface area contributed by atoms with Crippen LogP contribution in [-0.2, 0) is 27.8 Å². The van der Waals surface area contributed by atoms with E-state index in [4.69, 9.17) is 0 Å². The molecule has 5 nitrogen and oxygen atoms in total. The topological polar surface area (TPSA) is 57.7 Å². The van der Waals surface area contributed by atoms with Crippen LogP contribution in [0.2, 0.25) is 0 Å². The summed E-state index contributed by atoms with van der Waals surface area (Å²) in [7, 11) is -3.61. The molecule has 1 aliphatic heterocycles. The summed E-state index contributed by atoms with van der Waals surface area (Å²) < 4.78 is 26.4. The quantitative estimate of drug-likeness (QED) is 0.812. The summed E-state index contributed by atoms with van der Waals surface area (Å²) in [5, 5.41) is 0. The number of hydrogen-bond donors (Lipinski definition) is 0. The van der Waals surface area contributed by atoms with E-state index < -0.39 is 16.1 Å². The molecule has 0 aromatic heterocycles. The summed E-state index contributed by atoms with van der Waals surface area (Å²) in [5.74, 6) is -0.171. The van der Waals surface area contributed by atoms with Crippen molar-refractivity contribution in [1.29, 1.82) is 0 Å². The van der Waals surface area contributed by atoms with Crippen molar-refractivity contribution in [2.45, 2.75) is 39.8 Å². The Balaban J connectivity index is 1.92. The van der Waals surface area contributed by atoms with Crippen LogP contribution in [0.5, 0.6) is 0 Å². The largest absolute Gasteiger partial charge is 0.336 e. The van der Waals surface area contributed by atoms with Gasteiger partial charge in [-0.15, -0.1) is 0 Å². The van der Waals surface area contributed by atoms with Crippen molar-refractivity contribution in [3.05, 3.63) is 64.7 Å². The second kappa shape index (κ2) is 7.35. The van der Waals surface area contributed by atoms with E-state index in [1.165, 1.54) is 9.87 Å². The van der Waals surface area contributed by atoms with Gasteiger partial charge >= 0.3 is 0 Å². The Morgan fingerprint density at radius 1 is 1.11 bits per heavy atom. The third-order valence-corrected chi connectivity index (χ3v) is 6.34. The molecule has 0 saturated carbocycles. The molecule has 0 saturated heterocycles. The third-order valence-electron chi connectivity index (χ3n) is 5.11. The van der Waals surface area contributed by atoms with Crippen LogP contribution in [0.1, 0.15) is 29.2 Å². The van der Waals surface area contributed by atoms with E-state index in [1.807, 2.05) is 50.2 Å². The molecule has 1 amide bonds. The fourth-order valence-corrected chi connectivity index (χ4v) is 4.90. The molecule has 0 aliphatic carbocycles. The zero-order valence-corrected chi connectivity index (χ0v) is 17.1. The average Bonchev–Trinajstić information content (AvgIpc) is 2.62. The van der Waals surface area contributed by atoms with Gasteiger partial charge in [0.15, 0.2) is 0 Å². The number of amides is 1. The number of aryl methyl sites for hydroxylation is 2. The standard InChI is InChI=1S/C21H26N2O3S/c1-15-9-10-16(2)20(13-15)23(27(4,25)26)17(3)21(24)22-12-11-18-7-5-6-8-19(18)14-22/h5-10,13,17H,11-12,14H2,1-4H3/t17-/m1/s1. The first-order valence-electron chi connectivity index (χ1n) is 9.10. The first-order valence-corrected chi connectivity index (χ1v) is 11.0. The highest BCUT2D eigenvalue weighted by molar-refractivity contribution is 7.92. The maximum absolute atomic E-state index is 13.2. The molecule has 2 aromatic rings. The lowest BCUT2D eigenvalue weighted by molar-refractivity contribution is -0.132. The van der Waals surface area contributed by atoms with Gasteiger partial charge in [-0.1, -0.05) is 36.4 Å². The Labute approximate surface area is 161 Å². The molecule has 6 heteroatoms. The van der Waals surface area contributed by atoms with Crippen LogP contribution < -0.4 is 4.31 Å². The minimum Gasteiger partial charge on any atom is -0.336 e. The van der Waals surface area contributed by atoms with Crippen molar-refractivity contribution in [2.75, 3.05) is 17.1 Å². The van der Waals surface area contributed by atoms with E-state index in [-0.39, 0.29) is 5.91 Å². The minimum atomic E-state index is -3.61. The van der Waals surface area contributed by atoms with Crippen LogP contribution in [-0.4, -0.2) is 38.1 Å². The molecule has 144 valence electrons. The molecular weight excluding hydrogens is 360 g/mol. The van der Waals surface area contributed by atoms with Gasteiger partial charge in [0.25, 0.3) is 0 Å². The predicted octanol–water partition coefficient (Wildman–Crippen LogP) is 3.04. The Morgan fingerprint density at radius 2 is 1.78 bits per heavy atom. The van der Waals surface area contributed by atoms with E-state index in [2.05, 4.69) is 6.07 Å². The van der Waals surface area contributed by atoms with Gasteiger partial charge in [-0.2, -0.15) is 0 Å². The number of fused-ring (bicyclic) bond motifs is 1. The molecule has 0 bridgehead atoms. The molecule has 1 atom stereocenters. The number of anilines is 1. The molecule has 0 radical (unpaired) electrons. The van der Waals surface area contributed by atoms with Crippen LogP contribution in [0, 0.1) is 13.8 Å². The monoisotopic (exact) mass is 386 g/mol. The average molecular weight is 387 g/mol. The normalized spacial score (nSPS) is 15.2. The lowest BCUT2D eigenvalue weighted by Crippen LogP contribution is -2.50. The zero-order chi connectivity index (χ0) is 19.8. The van der Waals surface area contributed by atoms with E-state index in [1.54, 1.807) is 11.8 Å². The highest BCUT2D eigenvalue weighted by Gasteiger charge is 2.34. The van der Waals surface area contributed by atoms with Gasteiger partial charge in [0.2, 0.25) is 15.9 Å². The number of carbonyl (C=O) groups is 1. The zero-order valence-electron chi connectivity index (χ0n) is 16.3. The predicted molar refractivity (Wildman–Crippen MR) is 108 cm³/mol. The smallest absolute Gasteiger partial charge is 0.246 e. The summed E-state index contributed by atoms with van der Waals surface area (Å²) >= 11 is 0. The minimum absolute atomic E-state index is 0.171. The number of benzene rings is 2. The van der Waals surface area contributed by atoms with Crippen LogP contribution in [0.15, 0.2) is 42.5 Å². The molecule has 0 unspecified atom stereocenters. The number of sulfonamides is 1. The Kier molecular flexibility index (Phi) is 5.29. The molecule has 1 aliphatic rings. The van der Waals surface area contributed by atoms with Crippen LogP contribution in [0.4, 0.5) is 5.69 Å². The van der Waals surface area contributed by atoms with Crippen molar-refractivity contribution in [1.82, 2.24) is 4.90 Å². The Morgan fingerprint density at radius 3 is 2.44 bits per heavy atom. The summed E-state index contributed by atoms with van der Waals surface area (Å²) in [6, 6.07) is 12.9. The molecular formula is C21H26N2O3S. The first kappa shape index (κ1) is 19.4. The molecule has 1 heterocycles. The third kappa shape index (κ3) is 4.00. The van der Waals surface area contributed by atoms with E-state index in [9.17, 15) is 13.2 Å². The summed E-state index contributed by atoms with van der Waals surface area (Å²) in [6.07, 6.45) is 1.95. The molecule has 2 aromatic carbocycles. The number of carbonyl (C=O) groups excluding carboxylic acids is 1. The molecule has 0 fully saturated rings. The van der Waals surface area contributed by atoms with Crippen molar-refractivity contribution in [3.63, 3.8) is 0 Å². The Bertz CT molecular complexity index is 969. The van der Waals surface area contributed by atoms with Gasteiger partial charge in [0.1, 0.15) is 6.04 Å². The van der Waals surface area contributed by atoms with Crippen molar-refractivity contribution in [3.8, 4) is 0 Å². The fraction of sp³-hybridized carbons (Fsp3) is 0.381. The summed E-state index contributed by atoms with van der Waals surface area (Å²) in [5.41, 5.74) is 4.73. The first-order chi connectivity index (χ1) is 12.7. The maximum atomic E-state index is 13.2. The number of rotatable bonds is 4. The number of hydrogen-bond acceptors (Lipinski definition) is 3. The van der Waals surface area contributed by atoms with Gasteiger partial charge in [-0.05, 0) is 55.5 Å². The van der Waals surface area contributed by atoms with E-state index in [0.29, 0.717) is 18.8 Å². The Hall–Kier alpha value is -2.34. The summed E-state index contributed by atoms with van der Waals surface area (Å²) in [4.78, 5) is 14.9.